The molecular weight excluding hydrogens is 285 g/mol. The molecule has 0 bridgehead atoms. The Bertz CT molecular complexity index is 71.2. The summed E-state index contributed by atoms with van der Waals surface area (Å²) in [6.45, 7) is 2.05. The minimum atomic E-state index is 1.30. The molecule has 6 heavy (non-hydrogen) atoms. The molecule has 0 amide bonds. The fourth-order valence-electron chi connectivity index (χ4n) is 0.0909. The quantitative estimate of drug-likeness (QED) is 0.728. The zero-order valence-corrected chi connectivity index (χ0v) is 7.76. The van der Waals surface area contributed by atoms with Crippen LogP contribution in [0, 0.1) is 0 Å². The van der Waals surface area contributed by atoms with E-state index in [4.69, 9.17) is 0 Å². The van der Waals surface area contributed by atoms with Gasteiger partial charge < -0.3 is 0 Å². The van der Waals surface area contributed by atoms with Crippen LogP contribution in [0.1, 0.15) is 6.92 Å². The van der Waals surface area contributed by atoms with Crippen molar-refractivity contribution in [3.63, 3.8) is 0 Å². The predicted octanol–water partition coefficient (Wildman–Crippen LogP) is -0.421. The van der Waals surface area contributed by atoms with Crippen molar-refractivity contribution in [3.05, 3.63) is 0 Å². The molecule has 0 spiro atoms. The van der Waals surface area contributed by atoms with Crippen molar-refractivity contribution >= 4 is 8.88 Å². The van der Waals surface area contributed by atoms with Crippen LogP contribution in [0.2, 0.25) is 0 Å². The van der Waals surface area contributed by atoms with Crippen LogP contribution in [0.5, 0.6) is 0 Å². The Kier molecular flexibility index (Phi) is 4.81. The maximum absolute atomic E-state index is 3.01. The van der Waals surface area contributed by atoms with Crippen molar-refractivity contribution in [3.8, 4) is 0 Å². The van der Waals surface area contributed by atoms with Gasteiger partial charge in [0, 0.05) is 0 Å². The molecule has 0 rings (SSSR count). The van der Waals surface area contributed by atoms with E-state index in [1.54, 1.807) is 0 Å². The zero-order chi connectivity index (χ0) is 4.99. The summed E-state index contributed by atoms with van der Waals surface area (Å²) < 4.78 is 1.30. The van der Waals surface area contributed by atoms with E-state index < -0.39 is 0 Å². The van der Waals surface area contributed by atoms with Crippen LogP contribution < -0.4 is 5.32 Å². The molecule has 1 nitrogen and oxygen atoms in total. The molecule has 0 aromatic carbocycles. The Morgan fingerprint density at radius 1 is 2.00 bits per heavy atom. The first-order valence-corrected chi connectivity index (χ1v) is 3.77. The molecule has 0 aromatic heterocycles. The average Bonchev–Trinajstić information content (AvgIpc) is 1.35. The molecule has 33 valence electrons. The summed E-state index contributed by atoms with van der Waals surface area (Å²) in [5.41, 5.74) is 0. The SMILES string of the molecule is C[C](=[W])N[CH]=[V]. The molecule has 0 fully saturated rings. The molecule has 0 aliphatic carbocycles. The normalized spacial score (nSPS) is 7.33. The summed E-state index contributed by atoms with van der Waals surface area (Å²) in [4.78, 5) is 1.87. The van der Waals surface area contributed by atoms with Crippen molar-refractivity contribution in [2.45, 2.75) is 6.92 Å². The van der Waals surface area contributed by atoms with Gasteiger partial charge in [-0.15, -0.1) is 0 Å². The van der Waals surface area contributed by atoms with Crippen LogP contribution in [-0.4, -0.2) is 8.88 Å². The van der Waals surface area contributed by atoms with Gasteiger partial charge in [-0.05, 0) is 0 Å². The Balaban J connectivity index is 3.05. The zero-order valence-electron chi connectivity index (χ0n) is 3.43. The molecule has 0 heterocycles. The monoisotopic (exact) mass is 290 g/mol. The number of hydrogen-bond acceptors (Lipinski definition) is 1. The van der Waals surface area contributed by atoms with Crippen LogP contribution in [0.3, 0.4) is 0 Å². The molecule has 0 aliphatic rings. The topological polar surface area (TPSA) is 12.0 Å². The number of rotatable bonds is 2. The van der Waals surface area contributed by atoms with E-state index in [2.05, 4.69) is 29.2 Å². The molecule has 0 atom stereocenters. The molecule has 0 unspecified atom stereocenters. The molecule has 3 heteroatoms. The number of hydrogen-bond donors (Lipinski definition) is 1. The first-order valence-electron chi connectivity index (χ1n) is 1.50. The van der Waals surface area contributed by atoms with Gasteiger partial charge in [0.05, 0.1) is 0 Å². The van der Waals surface area contributed by atoms with Gasteiger partial charge in [0.2, 0.25) is 0 Å². The third-order valence-corrected chi connectivity index (χ3v) is 0.893. The first kappa shape index (κ1) is 6.97. The third kappa shape index (κ3) is 4.97. The van der Waals surface area contributed by atoms with Crippen LogP contribution >= 0.6 is 0 Å². The van der Waals surface area contributed by atoms with Crippen LogP contribution in [0.15, 0.2) is 0 Å². The molecule has 0 saturated heterocycles. The van der Waals surface area contributed by atoms with E-state index in [9.17, 15) is 0 Å². The summed E-state index contributed by atoms with van der Waals surface area (Å²) in [5.74, 6) is 0. The molecule has 0 aromatic rings. The predicted molar refractivity (Wildman–Crippen MR) is 19.9 cm³/mol. The fourth-order valence-corrected chi connectivity index (χ4v) is 1.16. The van der Waals surface area contributed by atoms with Crippen LogP contribution in [0.4, 0.5) is 0 Å². The van der Waals surface area contributed by atoms with Gasteiger partial charge in [0.25, 0.3) is 0 Å². The Morgan fingerprint density at radius 2 is 2.50 bits per heavy atom. The van der Waals surface area contributed by atoms with Gasteiger partial charge in [-0.3, -0.25) is 0 Å². The molecule has 0 saturated carbocycles. The molecular formula is C3H5NVW. The Morgan fingerprint density at radius 3 is 2.50 bits per heavy atom. The van der Waals surface area contributed by atoms with E-state index in [-0.39, 0.29) is 0 Å². The summed E-state index contributed by atoms with van der Waals surface area (Å²) in [5, 5.41) is 3.01. The molecule has 0 radical (unpaired) electrons. The van der Waals surface area contributed by atoms with Gasteiger partial charge in [-0.1, -0.05) is 0 Å². The van der Waals surface area contributed by atoms with E-state index in [0.29, 0.717) is 0 Å². The van der Waals surface area contributed by atoms with E-state index in [0.717, 1.165) is 0 Å². The second kappa shape index (κ2) is 4.14. The summed E-state index contributed by atoms with van der Waals surface area (Å²) in [7, 11) is 0. The average molecular weight is 290 g/mol. The second-order valence-electron chi connectivity index (χ2n) is 0.830. The van der Waals surface area contributed by atoms with E-state index >= 15 is 0 Å². The van der Waals surface area contributed by atoms with Gasteiger partial charge in [0.15, 0.2) is 0 Å². The van der Waals surface area contributed by atoms with Crippen molar-refractivity contribution in [2.24, 2.45) is 0 Å². The van der Waals surface area contributed by atoms with E-state index in [1.807, 2.05) is 4.85 Å². The summed E-state index contributed by atoms with van der Waals surface area (Å²) >= 11 is 3.85. The van der Waals surface area contributed by atoms with Crippen molar-refractivity contribution in [1.82, 2.24) is 5.32 Å². The van der Waals surface area contributed by atoms with Crippen LogP contribution in [-0.2, 0) is 36.3 Å². The Hall–Kier alpha value is 0.973. The number of nitrogens with one attached hydrogen (secondary N) is 1. The van der Waals surface area contributed by atoms with Gasteiger partial charge >= 0.3 is 57.4 Å². The molecule has 1 N–H and O–H groups in total. The molecule has 0 aliphatic heterocycles. The first-order chi connectivity index (χ1) is 2.77. The van der Waals surface area contributed by atoms with E-state index in [1.165, 1.54) is 23.4 Å². The minimum absolute atomic E-state index is 1.30. The van der Waals surface area contributed by atoms with Crippen molar-refractivity contribution < 1.29 is 36.3 Å². The van der Waals surface area contributed by atoms with Gasteiger partial charge in [0.1, 0.15) is 0 Å². The second-order valence-corrected chi connectivity index (χ2v) is 3.43. The van der Waals surface area contributed by atoms with Crippen molar-refractivity contribution in [2.75, 3.05) is 0 Å². The standard InChI is InChI=1S/C3H5N.V.W/c1-3-4-2;;/h2,4H,1H3;;. The third-order valence-electron chi connectivity index (χ3n) is 0.268. The maximum atomic E-state index is 3.01. The van der Waals surface area contributed by atoms with Crippen molar-refractivity contribution in [1.29, 1.82) is 0 Å². The van der Waals surface area contributed by atoms with Gasteiger partial charge in [-0.2, -0.15) is 0 Å². The van der Waals surface area contributed by atoms with Crippen LogP contribution in [0.25, 0.3) is 0 Å². The Labute approximate surface area is 57.4 Å². The summed E-state index contributed by atoms with van der Waals surface area (Å²) in [6, 6.07) is 0. The summed E-state index contributed by atoms with van der Waals surface area (Å²) in [6.07, 6.45) is 0. The fraction of sp³-hybridized carbons (Fsp3) is 0.333. The van der Waals surface area contributed by atoms with Gasteiger partial charge in [-0.25, -0.2) is 0 Å².